The number of nitrogens with one attached hydrogen (secondary N) is 2. The fraction of sp³-hybridized carbons (Fsp3) is 0.167. The Hall–Kier alpha value is -2.93. The summed E-state index contributed by atoms with van der Waals surface area (Å²) < 4.78 is 10.6. The van der Waals surface area contributed by atoms with E-state index in [1.54, 1.807) is 48.5 Å². The topological polar surface area (TPSA) is 76.7 Å². The summed E-state index contributed by atoms with van der Waals surface area (Å²) in [6.07, 6.45) is 0. The Morgan fingerprint density at radius 3 is 2.48 bits per heavy atom. The first kappa shape index (κ1) is 18.4. The van der Waals surface area contributed by atoms with E-state index in [1.165, 1.54) is 14.0 Å². The smallest absolute Gasteiger partial charge is 0.264 e. The molecular formula is C18H18N2O4S. The van der Waals surface area contributed by atoms with Gasteiger partial charge in [0.25, 0.3) is 5.91 Å². The van der Waals surface area contributed by atoms with Crippen molar-refractivity contribution in [3.05, 3.63) is 54.1 Å². The van der Waals surface area contributed by atoms with Gasteiger partial charge >= 0.3 is 0 Å². The molecule has 25 heavy (non-hydrogen) atoms. The highest BCUT2D eigenvalue weighted by atomic mass is 32.1. The van der Waals surface area contributed by atoms with Crippen LogP contribution in [0.3, 0.4) is 0 Å². The van der Waals surface area contributed by atoms with Gasteiger partial charge in [0.05, 0.1) is 7.11 Å². The van der Waals surface area contributed by atoms with Crippen LogP contribution in [-0.2, 0) is 4.79 Å². The van der Waals surface area contributed by atoms with Crippen molar-refractivity contribution >= 4 is 34.7 Å². The number of carbonyl (C=O) groups is 2. The molecule has 0 bridgehead atoms. The summed E-state index contributed by atoms with van der Waals surface area (Å²) in [5, 5.41) is 5.49. The molecule has 130 valence electrons. The van der Waals surface area contributed by atoms with E-state index >= 15 is 0 Å². The number of thiocarbonyl (C=S) groups is 1. The van der Waals surface area contributed by atoms with Crippen LogP contribution in [0.4, 0.5) is 5.69 Å². The number of Topliss-reactive ketones (excluding diaryl/α,β-unsaturated/α-hetero) is 1. The maximum atomic E-state index is 11.9. The van der Waals surface area contributed by atoms with Gasteiger partial charge in [0, 0.05) is 11.3 Å². The van der Waals surface area contributed by atoms with E-state index in [1.807, 2.05) is 0 Å². The largest absolute Gasteiger partial charge is 0.493 e. The van der Waals surface area contributed by atoms with Crippen molar-refractivity contribution in [3.8, 4) is 11.5 Å². The molecule has 0 spiro atoms. The Bertz CT molecular complexity index is 792. The van der Waals surface area contributed by atoms with Crippen molar-refractivity contribution in [2.24, 2.45) is 0 Å². The SMILES string of the molecule is COc1ccccc1OCC(=O)NC(=S)Nc1cccc(C(C)=O)c1. The summed E-state index contributed by atoms with van der Waals surface area (Å²) >= 11 is 5.09. The van der Waals surface area contributed by atoms with Crippen LogP contribution in [0.1, 0.15) is 17.3 Å². The predicted octanol–water partition coefficient (Wildman–Crippen LogP) is 2.79. The zero-order chi connectivity index (χ0) is 18.2. The second kappa shape index (κ2) is 8.79. The Morgan fingerprint density at radius 2 is 1.80 bits per heavy atom. The van der Waals surface area contributed by atoms with Gasteiger partial charge in [-0.05, 0) is 43.4 Å². The number of hydrogen-bond donors (Lipinski definition) is 2. The molecule has 6 nitrogen and oxygen atoms in total. The minimum absolute atomic E-state index is 0.0520. The van der Waals surface area contributed by atoms with Crippen LogP contribution in [0.5, 0.6) is 11.5 Å². The highest BCUT2D eigenvalue weighted by Crippen LogP contribution is 2.25. The van der Waals surface area contributed by atoms with Crippen molar-refractivity contribution in [1.29, 1.82) is 0 Å². The molecule has 0 aliphatic rings. The third-order valence-electron chi connectivity index (χ3n) is 3.21. The lowest BCUT2D eigenvalue weighted by molar-refractivity contribution is -0.121. The first-order chi connectivity index (χ1) is 12.0. The number of rotatable bonds is 6. The minimum atomic E-state index is -0.411. The van der Waals surface area contributed by atoms with Gasteiger partial charge in [-0.15, -0.1) is 0 Å². The van der Waals surface area contributed by atoms with Crippen molar-refractivity contribution < 1.29 is 19.1 Å². The second-order valence-electron chi connectivity index (χ2n) is 5.08. The van der Waals surface area contributed by atoms with E-state index in [0.29, 0.717) is 22.7 Å². The van der Waals surface area contributed by atoms with Crippen LogP contribution in [0, 0.1) is 0 Å². The number of hydrogen-bond acceptors (Lipinski definition) is 5. The summed E-state index contributed by atoms with van der Waals surface area (Å²) in [7, 11) is 1.52. The molecule has 2 aromatic rings. The van der Waals surface area contributed by atoms with Crippen molar-refractivity contribution in [2.75, 3.05) is 19.0 Å². The maximum absolute atomic E-state index is 11.9. The summed E-state index contributed by atoms with van der Waals surface area (Å²) in [4.78, 5) is 23.3. The molecule has 2 N–H and O–H groups in total. The van der Waals surface area contributed by atoms with Crippen molar-refractivity contribution in [2.45, 2.75) is 6.92 Å². The lowest BCUT2D eigenvalue weighted by Crippen LogP contribution is -2.37. The molecule has 0 unspecified atom stereocenters. The Labute approximate surface area is 151 Å². The van der Waals surface area contributed by atoms with Crippen molar-refractivity contribution in [3.63, 3.8) is 0 Å². The normalized spacial score (nSPS) is 9.84. The molecule has 0 atom stereocenters. The first-order valence-corrected chi connectivity index (χ1v) is 7.88. The Morgan fingerprint density at radius 1 is 1.08 bits per heavy atom. The number of para-hydroxylation sites is 2. The summed E-state index contributed by atoms with van der Waals surface area (Å²) in [5.74, 6) is 0.542. The molecule has 0 radical (unpaired) electrons. The predicted molar refractivity (Wildman–Crippen MR) is 99.3 cm³/mol. The highest BCUT2D eigenvalue weighted by Gasteiger charge is 2.09. The van der Waals surface area contributed by atoms with Crippen LogP contribution < -0.4 is 20.1 Å². The third kappa shape index (κ3) is 5.58. The lowest BCUT2D eigenvalue weighted by atomic mass is 10.1. The average Bonchev–Trinajstić information content (AvgIpc) is 2.60. The van der Waals surface area contributed by atoms with Gasteiger partial charge in [-0.1, -0.05) is 24.3 Å². The van der Waals surface area contributed by atoms with Gasteiger partial charge in [0.15, 0.2) is 29.0 Å². The lowest BCUT2D eigenvalue weighted by Gasteiger charge is -2.12. The van der Waals surface area contributed by atoms with Crippen LogP contribution in [0.2, 0.25) is 0 Å². The monoisotopic (exact) mass is 358 g/mol. The van der Waals surface area contributed by atoms with Gasteiger partial charge in [0.2, 0.25) is 0 Å². The van der Waals surface area contributed by atoms with Crippen LogP contribution >= 0.6 is 12.2 Å². The van der Waals surface area contributed by atoms with Gasteiger partial charge in [-0.25, -0.2) is 0 Å². The van der Waals surface area contributed by atoms with Crippen LogP contribution in [0.25, 0.3) is 0 Å². The number of carbonyl (C=O) groups excluding carboxylic acids is 2. The first-order valence-electron chi connectivity index (χ1n) is 7.47. The average molecular weight is 358 g/mol. The van der Waals surface area contributed by atoms with E-state index in [2.05, 4.69) is 10.6 Å². The summed E-state index contributed by atoms with van der Waals surface area (Å²) in [6, 6.07) is 13.9. The zero-order valence-electron chi connectivity index (χ0n) is 13.9. The standard InChI is InChI=1S/C18H18N2O4S/c1-12(21)13-6-5-7-14(10-13)19-18(25)20-17(22)11-24-16-9-4-3-8-15(16)23-2/h3-10H,11H2,1-2H3,(H2,19,20,22,25). The van der Waals surface area contributed by atoms with Gasteiger partial charge in [-0.2, -0.15) is 0 Å². The summed E-state index contributed by atoms with van der Waals surface area (Å²) in [5.41, 5.74) is 1.17. The van der Waals surface area contributed by atoms with E-state index in [0.717, 1.165) is 0 Å². The van der Waals surface area contributed by atoms with E-state index < -0.39 is 5.91 Å². The molecule has 0 fully saturated rings. The number of anilines is 1. The Kier molecular flexibility index (Phi) is 6.47. The quantitative estimate of drug-likeness (QED) is 0.611. The number of amides is 1. The zero-order valence-corrected chi connectivity index (χ0v) is 14.7. The maximum Gasteiger partial charge on any atom is 0.264 e. The fourth-order valence-corrected chi connectivity index (χ4v) is 2.25. The molecule has 0 saturated carbocycles. The number of benzene rings is 2. The minimum Gasteiger partial charge on any atom is -0.493 e. The number of ketones is 1. The molecule has 2 aromatic carbocycles. The fourth-order valence-electron chi connectivity index (χ4n) is 2.02. The van der Waals surface area contributed by atoms with E-state index in [9.17, 15) is 9.59 Å². The highest BCUT2D eigenvalue weighted by molar-refractivity contribution is 7.80. The third-order valence-corrected chi connectivity index (χ3v) is 3.41. The summed E-state index contributed by atoms with van der Waals surface area (Å²) in [6.45, 7) is 1.27. The number of ether oxygens (including phenoxy) is 2. The molecule has 7 heteroatoms. The van der Waals surface area contributed by atoms with Gasteiger partial charge in [-0.3, -0.25) is 14.9 Å². The molecule has 0 aliphatic heterocycles. The molecular weight excluding hydrogens is 340 g/mol. The van der Waals surface area contributed by atoms with Gasteiger partial charge in [0.1, 0.15) is 0 Å². The molecule has 2 rings (SSSR count). The van der Waals surface area contributed by atoms with Crippen molar-refractivity contribution in [1.82, 2.24) is 5.32 Å². The van der Waals surface area contributed by atoms with Gasteiger partial charge < -0.3 is 14.8 Å². The van der Waals surface area contributed by atoms with Crippen LogP contribution in [-0.4, -0.2) is 30.5 Å². The second-order valence-corrected chi connectivity index (χ2v) is 5.49. The van der Waals surface area contributed by atoms with E-state index in [-0.39, 0.29) is 17.5 Å². The van der Waals surface area contributed by atoms with Crippen LogP contribution in [0.15, 0.2) is 48.5 Å². The number of methoxy groups -OCH3 is 1. The molecule has 1 amide bonds. The van der Waals surface area contributed by atoms with E-state index in [4.69, 9.17) is 21.7 Å². The molecule has 0 heterocycles. The molecule has 0 aliphatic carbocycles. The molecule has 0 aromatic heterocycles. The molecule has 0 saturated heterocycles. The Balaban J connectivity index is 1.87.